The Morgan fingerprint density at radius 1 is 1.11 bits per heavy atom. The van der Waals surface area contributed by atoms with Gasteiger partial charge in [-0.3, -0.25) is 9.59 Å². The third kappa shape index (κ3) is 3.97. The van der Waals surface area contributed by atoms with Gasteiger partial charge < -0.3 is 15.1 Å². The molecule has 0 saturated heterocycles. The number of carbonyl (C=O) groups is 2. The van der Waals surface area contributed by atoms with Gasteiger partial charge in [0, 0.05) is 17.7 Å². The van der Waals surface area contributed by atoms with Crippen molar-refractivity contribution in [2.24, 2.45) is 11.8 Å². The number of nitrogens with one attached hydrogen (secondary N) is 2. The topological polar surface area (TPSA) is 71.3 Å². The fourth-order valence-corrected chi connectivity index (χ4v) is 4.24. The van der Waals surface area contributed by atoms with Crippen LogP contribution in [-0.4, -0.2) is 17.9 Å². The fourth-order valence-electron chi connectivity index (χ4n) is 4.24. The van der Waals surface area contributed by atoms with Gasteiger partial charge >= 0.3 is 0 Å². The minimum absolute atomic E-state index is 0.201. The van der Waals surface area contributed by atoms with E-state index < -0.39 is 0 Å². The Labute approximate surface area is 158 Å². The molecule has 3 atom stereocenters. The molecule has 140 valence electrons. The third-order valence-electron chi connectivity index (χ3n) is 5.69. The Bertz CT molecular complexity index is 852. The summed E-state index contributed by atoms with van der Waals surface area (Å²) in [4.78, 5) is 25.5. The van der Waals surface area contributed by atoms with Gasteiger partial charge in [0.15, 0.2) is 0 Å². The van der Waals surface area contributed by atoms with Crippen LogP contribution in [0.2, 0.25) is 0 Å². The summed E-state index contributed by atoms with van der Waals surface area (Å²) in [5.74, 6) is 1.26. The van der Waals surface area contributed by atoms with Gasteiger partial charge in [0.1, 0.15) is 11.5 Å². The van der Waals surface area contributed by atoms with Crippen LogP contribution in [0.15, 0.2) is 52.8 Å². The maximum absolute atomic E-state index is 12.9. The van der Waals surface area contributed by atoms with E-state index in [-0.39, 0.29) is 23.6 Å². The highest BCUT2D eigenvalue weighted by molar-refractivity contribution is 6.05. The average molecular weight is 364 g/mol. The van der Waals surface area contributed by atoms with E-state index in [4.69, 9.17) is 4.42 Å². The minimum atomic E-state index is -0.309. The molecule has 2 aliphatic carbocycles. The zero-order valence-electron chi connectivity index (χ0n) is 15.4. The predicted molar refractivity (Wildman–Crippen MR) is 103 cm³/mol. The van der Waals surface area contributed by atoms with Crippen LogP contribution in [0.3, 0.4) is 0 Å². The molecule has 1 aromatic carbocycles. The van der Waals surface area contributed by atoms with Gasteiger partial charge in [0.2, 0.25) is 0 Å². The summed E-state index contributed by atoms with van der Waals surface area (Å²) in [6.45, 7) is 1.96. The van der Waals surface area contributed by atoms with E-state index in [1.807, 2.05) is 19.1 Å². The molecule has 2 N–H and O–H groups in total. The molecule has 3 unspecified atom stereocenters. The van der Waals surface area contributed by atoms with Crippen LogP contribution in [-0.2, 0) is 4.79 Å². The highest BCUT2D eigenvalue weighted by atomic mass is 16.3. The van der Waals surface area contributed by atoms with Crippen LogP contribution < -0.4 is 10.6 Å². The second kappa shape index (κ2) is 7.43. The molecule has 5 nitrogen and oxygen atoms in total. The molecule has 0 radical (unpaired) electrons. The smallest absolute Gasteiger partial charge is 0.268 e. The highest BCUT2D eigenvalue weighted by Gasteiger charge is 2.40. The molecule has 0 spiro atoms. The van der Waals surface area contributed by atoms with Gasteiger partial charge in [0.05, 0.1) is 6.26 Å². The quantitative estimate of drug-likeness (QED) is 0.796. The third-order valence-corrected chi connectivity index (χ3v) is 5.69. The number of hydrogen-bond donors (Lipinski definition) is 2. The van der Waals surface area contributed by atoms with Crippen molar-refractivity contribution in [1.29, 1.82) is 0 Å². The van der Waals surface area contributed by atoms with E-state index in [9.17, 15) is 9.59 Å². The van der Waals surface area contributed by atoms with Gasteiger partial charge in [-0.05, 0) is 62.3 Å². The largest absolute Gasteiger partial charge is 0.465 e. The lowest BCUT2D eigenvalue weighted by molar-refractivity contribution is -0.118. The van der Waals surface area contributed by atoms with Crippen LogP contribution in [0.4, 0.5) is 0 Å². The SMILES string of the molecule is Cc1ccc(C(=O)N/C(=C\c2ccco2)C(=O)NC2CC3CCC2C3)cc1. The second-order valence-corrected chi connectivity index (χ2v) is 7.65. The number of carbonyl (C=O) groups excluding carboxylic acids is 2. The van der Waals surface area contributed by atoms with Crippen LogP contribution in [0.1, 0.15) is 47.4 Å². The Hall–Kier alpha value is -2.82. The monoisotopic (exact) mass is 364 g/mol. The summed E-state index contributed by atoms with van der Waals surface area (Å²) in [5, 5.41) is 5.88. The number of hydrogen-bond acceptors (Lipinski definition) is 3. The molecular weight excluding hydrogens is 340 g/mol. The van der Waals surface area contributed by atoms with Crippen molar-refractivity contribution < 1.29 is 14.0 Å². The summed E-state index contributed by atoms with van der Waals surface area (Å²) in [6.07, 6.45) is 7.82. The molecule has 2 bridgehead atoms. The number of rotatable bonds is 5. The molecule has 2 saturated carbocycles. The second-order valence-electron chi connectivity index (χ2n) is 7.65. The minimum Gasteiger partial charge on any atom is -0.465 e. The van der Waals surface area contributed by atoms with Crippen LogP contribution in [0.25, 0.3) is 6.08 Å². The standard InChI is InChI=1S/C22H24N2O3/c1-14-4-7-16(8-5-14)21(25)24-20(13-18-3-2-10-27-18)22(26)23-19-12-15-6-9-17(19)11-15/h2-5,7-8,10,13,15,17,19H,6,9,11-12H2,1H3,(H,23,26)(H,24,25)/b20-13-. The van der Waals surface area contributed by atoms with Gasteiger partial charge in [0.25, 0.3) is 11.8 Å². The molecule has 1 aromatic heterocycles. The van der Waals surface area contributed by atoms with E-state index in [1.165, 1.54) is 19.3 Å². The van der Waals surface area contributed by atoms with Crippen molar-refractivity contribution in [3.8, 4) is 0 Å². The first-order chi connectivity index (χ1) is 13.1. The van der Waals surface area contributed by atoms with E-state index in [2.05, 4.69) is 10.6 Å². The molecule has 4 rings (SSSR count). The molecule has 1 heterocycles. The Morgan fingerprint density at radius 3 is 2.56 bits per heavy atom. The fraction of sp³-hybridized carbons (Fsp3) is 0.364. The van der Waals surface area contributed by atoms with Gasteiger partial charge in [-0.1, -0.05) is 24.1 Å². The van der Waals surface area contributed by atoms with Crippen molar-refractivity contribution in [1.82, 2.24) is 10.6 Å². The van der Waals surface area contributed by atoms with Gasteiger partial charge in [-0.25, -0.2) is 0 Å². The number of aryl methyl sites for hydroxylation is 1. The van der Waals surface area contributed by atoms with Crippen molar-refractivity contribution >= 4 is 17.9 Å². The van der Waals surface area contributed by atoms with Crippen LogP contribution in [0, 0.1) is 18.8 Å². The van der Waals surface area contributed by atoms with Crippen LogP contribution in [0.5, 0.6) is 0 Å². The van der Waals surface area contributed by atoms with E-state index in [0.29, 0.717) is 17.2 Å². The lowest BCUT2D eigenvalue weighted by Gasteiger charge is -2.23. The average Bonchev–Trinajstić information content (AvgIpc) is 3.40. The first kappa shape index (κ1) is 17.6. The molecule has 2 aromatic rings. The van der Waals surface area contributed by atoms with Gasteiger partial charge in [-0.15, -0.1) is 0 Å². The lowest BCUT2D eigenvalue weighted by Crippen LogP contribution is -2.42. The maximum Gasteiger partial charge on any atom is 0.268 e. The van der Waals surface area contributed by atoms with Crippen LogP contribution >= 0.6 is 0 Å². The van der Waals surface area contributed by atoms with E-state index in [1.54, 1.807) is 36.6 Å². The molecule has 27 heavy (non-hydrogen) atoms. The molecule has 5 heteroatoms. The number of benzene rings is 1. The van der Waals surface area contributed by atoms with Gasteiger partial charge in [-0.2, -0.15) is 0 Å². The first-order valence-electron chi connectivity index (χ1n) is 9.52. The molecular formula is C22H24N2O3. The Morgan fingerprint density at radius 2 is 1.93 bits per heavy atom. The van der Waals surface area contributed by atoms with Crippen molar-refractivity contribution in [2.45, 2.75) is 38.6 Å². The molecule has 2 fully saturated rings. The molecule has 2 aliphatic rings. The number of fused-ring (bicyclic) bond motifs is 2. The zero-order valence-corrected chi connectivity index (χ0v) is 15.4. The predicted octanol–water partition coefficient (Wildman–Crippen LogP) is 3.66. The Balaban J connectivity index is 1.51. The molecule has 0 aliphatic heterocycles. The summed E-state index contributed by atoms with van der Waals surface area (Å²) < 4.78 is 5.33. The molecule has 2 amide bonds. The highest BCUT2D eigenvalue weighted by Crippen LogP contribution is 2.44. The first-order valence-corrected chi connectivity index (χ1v) is 9.52. The van der Waals surface area contributed by atoms with E-state index in [0.717, 1.165) is 17.9 Å². The Kier molecular flexibility index (Phi) is 4.84. The lowest BCUT2D eigenvalue weighted by atomic mass is 9.95. The summed E-state index contributed by atoms with van der Waals surface area (Å²) in [5.41, 5.74) is 1.80. The van der Waals surface area contributed by atoms with Crippen molar-refractivity contribution in [2.75, 3.05) is 0 Å². The zero-order chi connectivity index (χ0) is 18.8. The normalized spacial score (nSPS) is 24.0. The summed E-state index contributed by atoms with van der Waals surface area (Å²) in [7, 11) is 0. The summed E-state index contributed by atoms with van der Waals surface area (Å²) >= 11 is 0. The van der Waals surface area contributed by atoms with Crippen molar-refractivity contribution in [3.63, 3.8) is 0 Å². The number of amides is 2. The van der Waals surface area contributed by atoms with Crippen molar-refractivity contribution in [3.05, 3.63) is 65.2 Å². The number of furan rings is 1. The maximum atomic E-state index is 12.9. The van der Waals surface area contributed by atoms with E-state index >= 15 is 0 Å². The summed E-state index contributed by atoms with van der Waals surface area (Å²) in [6, 6.07) is 11.0.